The Morgan fingerprint density at radius 2 is 1.91 bits per heavy atom. The number of hydrogen-bond acceptors (Lipinski definition) is 5. The fourth-order valence-corrected chi connectivity index (χ4v) is 5.06. The molecule has 6 nitrogen and oxygen atoms in total. The van der Waals surface area contributed by atoms with E-state index >= 15 is 0 Å². The number of ketones is 1. The molecule has 164 valence electrons. The molecule has 0 fully saturated rings. The molecule has 0 amide bonds. The van der Waals surface area contributed by atoms with Gasteiger partial charge in [-0.1, -0.05) is 19.9 Å². The number of hydrogen-bond donors (Lipinski definition) is 0. The predicted octanol–water partition coefficient (Wildman–Crippen LogP) is 5.68. The van der Waals surface area contributed by atoms with E-state index in [2.05, 4.69) is 45.8 Å². The van der Waals surface area contributed by atoms with Gasteiger partial charge in [-0.05, 0) is 63.7 Å². The van der Waals surface area contributed by atoms with Gasteiger partial charge in [0.15, 0.2) is 5.78 Å². The van der Waals surface area contributed by atoms with Crippen LogP contribution in [0.3, 0.4) is 0 Å². The van der Waals surface area contributed by atoms with Gasteiger partial charge in [0.05, 0.1) is 17.6 Å². The lowest BCUT2D eigenvalue weighted by Crippen LogP contribution is -2.40. The molecule has 0 spiro atoms. The van der Waals surface area contributed by atoms with Crippen molar-refractivity contribution in [2.45, 2.75) is 32.6 Å². The number of carbonyl (C=O) groups is 1. The first-order chi connectivity index (χ1) is 15.9. The number of nitrogens with zero attached hydrogens (tertiary/aromatic N) is 5. The molecule has 0 aromatic carbocycles. The fraction of sp³-hybridized carbons (Fsp3) is 0.231. The summed E-state index contributed by atoms with van der Waals surface area (Å²) in [6, 6.07) is 13.9. The SMILES string of the molecule is CC1(C)CC(=O)C2=C(C1)N(c1ccc(Br)cn1)C(n1cccc1)=C(C#N)C2c1cccnc1. The number of pyridine rings is 2. The lowest BCUT2D eigenvalue weighted by molar-refractivity contribution is -0.118. The quantitative estimate of drug-likeness (QED) is 0.463. The molecule has 1 atom stereocenters. The number of aromatic nitrogens is 3. The first-order valence-electron chi connectivity index (χ1n) is 10.7. The molecule has 7 heteroatoms. The van der Waals surface area contributed by atoms with E-state index < -0.39 is 5.92 Å². The summed E-state index contributed by atoms with van der Waals surface area (Å²) in [4.78, 5) is 24.6. The lowest BCUT2D eigenvalue weighted by atomic mass is 9.68. The van der Waals surface area contributed by atoms with Crippen LogP contribution in [0.5, 0.6) is 0 Å². The van der Waals surface area contributed by atoms with Gasteiger partial charge >= 0.3 is 0 Å². The summed E-state index contributed by atoms with van der Waals surface area (Å²) in [5.74, 6) is 0.940. The normalized spacial score (nSPS) is 20.0. The molecular weight excluding hydrogens is 478 g/mol. The highest BCUT2D eigenvalue weighted by Crippen LogP contribution is 2.51. The third kappa shape index (κ3) is 3.70. The summed E-state index contributed by atoms with van der Waals surface area (Å²) in [7, 11) is 0. The summed E-state index contributed by atoms with van der Waals surface area (Å²) >= 11 is 3.46. The third-order valence-electron chi connectivity index (χ3n) is 6.12. The van der Waals surface area contributed by atoms with Gasteiger partial charge in [0.2, 0.25) is 0 Å². The Bertz CT molecular complexity index is 1320. The predicted molar refractivity (Wildman–Crippen MR) is 130 cm³/mol. The summed E-state index contributed by atoms with van der Waals surface area (Å²) in [6.07, 6.45) is 10.1. The highest BCUT2D eigenvalue weighted by atomic mass is 79.9. The zero-order valence-electron chi connectivity index (χ0n) is 18.4. The highest BCUT2D eigenvalue weighted by Gasteiger charge is 2.45. The zero-order valence-corrected chi connectivity index (χ0v) is 20.0. The summed E-state index contributed by atoms with van der Waals surface area (Å²) in [5.41, 5.74) is 2.68. The summed E-state index contributed by atoms with van der Waals surface area (Å²) in [5, 5.41) is 10.4. The Balaban J connectivity index is 1.86. The molecule has 1 aliphatic heterocycles. The van der Waals surface area contributed by atoms with Crippen LogP contribution in [0.4, 0.5) is 5.82 Å². The number of halogens is 1. The van der Waals surface area contributed by atoms with Gasteiger partial charge in [0.25, 0.3) is 0 Å². The maximum absolute atomic E-state index is 13.6. The first kappa shape index (κ1) is 21.4. The maximum atomic E-state index is 13.6. The topological polar surface area (TPSA) is 74.8 Å². The maximum Gasteiger partial charge on any atom is 0.162 e. The van der Waals surface area contributed by atoms with Crippen LogP contribution in [0.1, 0.15) is 38.2 Å². The fourth-order valence-electron chi connectivity index (χ4n) is 4.82. The van der Waals surface area contributed by atoms with Crippen molar-refractivity contribution < 1.29 is 4.79 Å². The molecule has 0 bridgehead atoms. The Morgan fingerprint density at radius 1 is 1.12 bits per heavy atom. The van der Waals surface area contributed by atoms with Crippen LogP contribution < -0.4 is 4.90 Å². The van der Waals surface area contributed by atoms with Crippen LogP contribution in [0, 0.1) is 16.7 Å². The van der Waals surface area contributed by atoms with E-state index in [1.54, 1.807) is 18.6 Å². The van der Waals surface area contributed by atoms with Crippen LogP contribution >= 0.6 is 15.9 Å². The lowest BCUT2D eigenvalue weighted by Gasteiger charge is -2.44. The molecule has 33 heavy (non-hydrogen) atoms. The Morgan fingerprint density at radius 3 is 2.55 bits per heavy atom. The molecule has 0 radical (unpaired) electrons. The largest absolute Gasteiger partial charge is 0.309 e. The minimum atomic E-state index is -0.480. The number of allylic oxidation sites excluding steroid dienone is 3. The van der Waals surface area contributed by atoms with Crippen LogP contribution in [0.2, 0.25) is 0 Å². The van der Waals surface area contributed by atoms with Crippen molar-refractivity contribution in [1.82, 2.24) is 14.5 Å². The molecule has 2 aliphatic rings. The molecule has 3 aromatic heterocycles. The molecule has 0 saturated carbocycles. The van der Waals surface area contributed by atoms with Crippen LogP contribution in [-0.4, -0.2) is 20.3 Å². The van der Waals surface area contributed by atoms with Crippen LogP contribution in [0.25, 0.3) is 5.82 Å². The van der Waals surface area contributed by atoms with Crippen LogP contribution in [-0.2, 0) is 4.79 Å². The van der Waals surface area contributed by atoms with Crippen molar-refractivity contribution in [3.05, 3.63) is 94.3 Å². The van der Waals surface area contributed by atoms with Crippen LogP contribution in [0.15, 0.2) is 88.7 Å². The van der Waals surface area contributed by atoms with Gasteiger partial charge in [-0.2, -0.15) is 5.26 Å². The number of Topliss-reactive ketones (excluding diaryl/α,β-unsaturated/α-hetero) is 1. The molecule has 3 aromatic rings. The molecule has 4 heterocycles. The van der Waals surface area contributed by atoms with Gasteiger partial charge in [0, 0.05) is 53.1 Å². The van der Waals surface area contributed by atoms with E-state index in [-0.39, 0.29) is 11.2 Å². The van der Waals surface area contributed by atoms with Gasteiger partial charge < -0.3 is 4.57 Å². The molecule has 5 rings (SSSR count). The van der Waals surface area contributed by atoms with Gasteiger partial charge in [0.1, 0.15) is 11.6 Å². The van der Waals surface area contributed by atoms with Crippen molar-refractivity contribution in [2.75, 3.05) is 4.90 Å². The second-order valence-corrected chi connectivity index (χ2v) is 10.0. The van der Waals surface area contributed by atoms with Crippen molar-refractivity contribution in [3.8, 4) is 6.07 Å². The van der Waals surface area contributed by atoms with E-state index in [1.807, 2.05) is 58.3 Å². The molecular formula is C26H22BrN5O. The molecule has 0 saturated heterocycles. The molecule has 1 unspecified atom stereocenters. The van der Waals surface area contributed by atoms with E-state index in [9.17, 15) is 10.1 Å². The average Bonchev–Trinajstić information content (AvgIpc) is 3.33. The Hall–Kier alpha value is -3.50. The second kappa shape index (κ2) is 8.13. The smallest absolute Gasteiger partial charge is 0.162 e. The Labute approximate surface area is 201 Å². The molecule has 1 aliphatic carbocycles. The van der Waals surface area contributed by atoms with Gasteiger partial charge in [-0.3, -0.25) is 14.7 Å². The zero-order chi connectivity index (χ0) is 23.2. The van der Waals surface area contributed by atoms with Crippen molar-refractivity contribution in [3.63, 3.8) is 0 Å². The number of anilines is 1. The minimum Gasteiger partial charge on any atom is -0.309 e. The number of nitriles is 1. The van der Waals surface area contributed by atoms with Gasteiger partial charge in [-0.15, -0.1) is 0 Å². The minimum absolute atomic E-state index is 0.0662. The molecule has 0 N–H and O–H groups in total. The third-order valence-corrected chi connectivity index (χ3v) is 6.59. The second-order valence-electron chi connectivity index (χ2n) is 9.13. The average molecular weight is 500 g/mol. The van der Waals surface area contributed by atoms with Crippen molar-refractivity contribution in [2.24, 2.45) is 5.41 Å². The van der Waals surface area contributed by atoms with E-state index in [4.69, 9.17) is 0 Å². The number of carbonyl (C=O) groups excluding carboxylic acids is 1. The standard InChI is InChI=1S/C26H22BrN5O/c1-26(2)12-20-24(21(33)13-26)23(17-6-5-9-29-15-17)19(14-28)25(31-10-3-4-11-31)32(20)22-8-7-18(27)16-30-22/h3-11,15-16,23H,12-13H2,1-2H3. The van der Waals surface area contributed by atoms with Crippen molar-refractivity contribution >= 4 is 33.4 Å². The Kier molecular flexibility index (Phi) is 5.26. The van der Waals surface area contributed by atoms with E-state index in [0.29, 0.717) is 35.6 Å². The summed E-state index contributed by atoms with van der Waals surface area (Å²) in [6.45, 7) is 4.22. The number of rotatable bonds is 3. The van der Waals surface area contributed by atoms with E-state index in [1.165, 1.54) is 0 Å². The van der Waals surface area contributed by atoms with E-state index in [0.717, 1.165) is 15.7 Å². The highest BCUT2D eigenvalue weighted by molar-refractivity contribution is 9.10. The van der Waals surface area contributed by atoms with Gasteiger partial charge in [-0.25, -0.2) is 4.98 Å². The first-order valence-corrected chi connectivity index (χ1v) is 11.5. The van der Waals surface area contributed by atoms with Crippen molar-refractivity contribution in [1.29, 1.82) is 5.26 Å². The monoisotopic (exact) mass is 499 g/mol. The summed E-state index contributed by atoms with van der Waals surface area (Å²) < 4.78 is 2.79.